The number of aromatic nitrogens is 1. The van der Waals surface area contributed by atoms with E-state index in [0.717, 1.165) is 16.3 Å². The van der Waals surface area contributed by atoms with E-state index in [2.05, 4.69) is 15.6 Å². The first kappa shape index (κ1) is 15.7. The van der Waals surface area contributed by atoms with Crippen LogP contribution in [0.3, 0.4) is 0 Å². The first-order valence-corrected chi connectivity index (χ1v) is 7.56. The first-order chi connectivity index (χ1) is 9.95. The van der Waals surface area contributed by atoms with Crippen LogP contribution >= 0.6 is 11.3 Å². The number of urea groups is 1. The lowest BCUT2D eigenvalue weighted by Gasteiger charge is -2.25. The minimum atomic E-state index is -1.09. The summed E-state index contributed by atoms with van der Waals surface area (Å²) < 4.78 is 5.18. The van der Waals surface area contributed by atoms with Crippen molar-refractivity contribution in [2.24, 2.45) is 5.41 Å². The third-order valence-electron chi connectivity index (χ3n) is 3.60. The summed E-state index contributed by atoms with van der Waals surface area (Å²) >= 11 is 1.55. The normalized spacial score (nSPS) is 24.8. The number of carboxylic acids is 1. The lowest BCUT2D eigenvalue weighted by atomic mass is 9.85. The van der Waals surface area contributed by atoms with Gasteiger partial charge in [-0.15, -0.1) is 11.3 Å². The van der Waals surface area contributed by atoms with Crippen molar-refractivity contribution in [3.8, 4) is 0 Å². The molecule has 0 aliphatic carbocycles. The van der Waals surface area contributed by atoms with Crippen molar-refractivity contribution in [1.29, 1.82) is 0 Å². The Hall–Kier alpha value is -1.67. The molecule has 0 bridgehead atoms. The van der Waals surface area contributed by atoms with Crippen LogP contribution in [0.15, 0.2) is 6.20 Å². The molecule has 2 amide bonds. The van der Waals surface area contributed by atoms with Gasteiger partial charge in [0, 0.05) is 11.1 Å². The van der Waals surface area contributed by atoms with Crippen molar-refractivity contribution in [2.75, 3.05) is 13.2 Å². The molecule has 7 nitrogen and oxygen atoms in total. The largest absolute Gasteiger partial charge is 0.481 e. The highest BCUT2D eigenvalue weighted by Gasteiger charge is 2.47. The number of hydrogen-bond acceptors (Lipinski definition) is 5. The van der Waals surface area contributed by atoms with E-state index in [0.29, 0.717) is 6.54 Å². The maximum absolute atomic E-state index is 11.9. The number of aryl methyl sites for hydroxylation is 1. The molecular formula is C13H19N3O4S. The van der Waals surface area contributed by atoms with Gasteiger partial charge in [0.1, 0.15) is 10.4 Å². The third kappa shape index (κ3) is 3.51. The molecule has 1 aliphatic rings. The highest BCUT2D eigenvalue weighted by Crippen LogP contribution is 2.28. The Labute approximate surface area is 126 Å². The number of thiazole rings is 1. The summed E-state index contributed by atoms with van der Waals surface area (Å²) in [5.74, 6) is -0.974. The fraction of sp³-hybridized carbons (Fsp3) is 0.615. The van der Waals surface area contributed by atoms with Gasteiger partial charge in [-0.1, -0.05) is 6.92 Å². The van der Waals surface area contributed by atoms with Crippen LogP contribution in [0.1, 0.15) is 23.7 Å². The Kier molecular flexibility index (Phi) is 4.79. The fourth-order valence-corrected chi connectivity index (χ4v) is 2.85. The van der Waals surface area contributed by atoms with Gasteiger partial charge in [-0.25, -0.2) is 9.78 Å². The summed E-state index contributed by atoms with van der Waals surface area (Å²) in [4.78, 5) is 28.5. The van der Waals surface area contributed by atoms with Crippen molar-refractivity contribution in [3.63, 3.8) is 0 Å². The predicted octanol–water partition coefficient (Wildman–Crippen LogP) is 0.994. The highest BCUT2D eigenvalue weighted by atomic mass is 32.1. The fourth-order valence-electron chi connectivity index (χ4n) is 2.04. The van der Waals surface area contributed by atoms with Crippen LogP contribution in [0.2, 0.25) is 0 Å². The van der Waals surface area contributed by atoms with Gasteiger partial charge in [0.2, 0.25) is 0 Å². The molecule has 2 atom stereocenters. The van der Waals surface area contributed by atoms with Crippen LogP contribution in [-0.4, -0.2) is 41.3 Å². The molecule has 21 heavy (non-hydrogen) atoms. The van der Waals surface area contributed by atoms with Crippen molar-refractivity contribution in [3.05, 3.63) is 16.1 Å². The summed E-state index contributed by atoms with van der Waals surface area (Å²) in [5.41, 5.74) is -1.09. The zero-order valence-electron chi connectivity index (χ0n) is 12.0. The van der Waals surface area contributed by atoms with Gasteiger partial charge >= 0.3 is 12.0 Å². The van der Waals surface area contributed by atoms with Crippen LogP contribution in [0.4, 0.5) is 4.79 Å². The molecule has 2 rings (SSSR count). The van der Waals surface area contributed by atoms with Crippen LogP contribution in [0, 0.1) is 5.41 Å². The summed E-state index contributed by atoms with van der Waals surface area (Å²) in [5, 5.41) is 15.4. The van der Waals surface area contributed by atoms with E-state index in [1.807, 2.05) is 6.92 Å². The van der Waals surface area contributed by atoms with Crippen molar-refractivity contribution in [1.82, 2.24) is 15.6 Å². The van der Waals surface area contributed by atoms with E-state index >= 15 is 0 Å². The second kappa shape index (κ2) is 6.40. The van der Waals surface area contributed by atoms with Crippen molar-refractivity contribution < 1.29 is 19.4 Å². The molecule has 2 unspecified atom stereocenters. The number of aliphatic carboxylic acids is 1. The molecule has 1 aromatic heterocycles. The third-order valence-corrected chi connectivity index (χ3v) is 4.74. The number of hydrogen-bond donors (Lipinski definition) is 3. The highest BCUT2D eigenvalue weighted by molar-refractivity contribution is 7.11. The van der Waals surface area contributed by atoms with Crippen LogP contribution in [0.5, 0.6) is 0 Å². The second-order valence-electron chi connectivity index (χ2n) is 5.19. The number of amides is 2. The molecule has 1 saturated heterocycles. The lowest BCUT2D eigenvalue weighted by molar-refractivity contribution is -0.148. The zero-order valence-corrected chi connectivity index (χ0v) is 12.8. The van der Waals surface area contributed by atoms with Gasteiger partial charge in [0.25, 0.3) is 0 Å². The van der Waals surface area contributed by atoms with Gasteiger partial charge in [0.05, 0.1) is 25.8 Å². The number of nitrogens with one attached hydrogen (secondary N) is 2. The van der Waals surface area contributed by atoms with E-state index in [1.165, 1.54) is 0 Å². The standard InChI is InChI=1S/C13H19N3O4S/c1-3-8-4-14-10(21-8)5-15-12(19)16-9-6-20-7-13(9,2)11(17)18/h4,9H,3,5-7H2,1-2H3,(H,17,18)(H2,15,16,19). The first-order valence-electron chi connectivity index (χ1n) is 6.74. The zero-order chi connectivity index (χ0) is 15.5. The van der Waals surface area contributed by atoms with Crippen molar-refractivity contribution >= 4 is 23.3 Å². The summed E-state index contributed by atoms with van der Waals surface area (Å²) in [6.07, 6.45) is 2.71. The van der Waals surface area contributed by atoms with Gasteiger partial charge < -0.3 is 20.5 Å². The Balaban J connectivity index is 1.85. The molecular weight excluding hydrogens is 294 g/mol. The maximum Gasteiger partial charge on any atom is 0.315 e. The number of rotatable bonds is 5. The summed E-state index contributed by atoms with van der Waals surface area (Å²) in [7, 11) is 0. The molecule has 8 heteroatoms. The molecule has 0 saturated carbocycles. The van der Waals surface area contributed by atoms with E-state index in [9.17, 15) is 14.7 Å². The number of carbonyl (C=O) groups is 2. The molecule has 0 radical (unpaired) electrons. The Bertz CT molecular complexity index is 533. The van der Waals surface area contributed by atoms with Crippen LogP contribution in [-0.2, 0) is 22.5 Å². The molecule has 0 aromatic carbocycles. The van der Waals surface area contributed by atoms with Gasteiger partial charge in [-0.05, 0) is 13.3 Å². The van der Waals surface area contributed by atoms with Gasteiger partial charge in [-0.2, -0.15) is 0 Å². The topological polar surface area (TPSA) is 101 Å². The summed E-state index contributed by atoms with van der Waals surface area (Å²) in [6.45, 7) is 4.24. The Morgan fingerprint density at radius 3 is 3.00 bits per heavy atom. The molecule has 116 valence electrons. The van der Waals surface area contributed by atoms with E-state index in [1.54, 1.807) is 24.5 Å². The molecule has 1 fully saturated rings. The average Bonchev–Trinajstić information content (AvgIpc) is 3.05. The molecule has 0 spiro atoms. The number of nitrogens with zero attached hydrogens (tertiary/aromatic N) is 1. The SMILES string of the molecule is CCc1cnc(CNC(=O)NC2COCC2(C)C(=O)O)s1. The number of carbonyl (C=O) groups excluding carboxylic acids is 1. The Morgan fingerprint density at radius 1 is 1.62 bits per heavy atom. The monoisotopic (exact) mass is 313 g/mol. The van der Waals surface area contributed by atoms with Crippen LogP contribution in [0.25, 0.3) is 0 Å². The minimum absolute atomic E-state index is 0.0968. The van der Waals surface area contributed by atoms with Gasteiger partial charge in [0.15, 0.2) is 0 Å². The lowest BCUT2D eigenvalue weighted by Crippen LogP contribution is -2.52. The van der Waals surface area contributed by atoms with E-state index in [-0.39, 0.29) is 13.2 Å². The average molecular weight is 313 g/mol. The quantitative estimate of drug-likeness (QED) is 0.753. The molecule has 2 heterocycles. The molecule has 1 aromatic rings. The smallest absolute Gasteiger partial charge is 0.315 e. The minimum Gasteiger partial charge on any atom is -0.481 e. The Morgan fingerprint density at radius 2 is 2.38 bits per heavy atom. The molecule has 1 aliphatic heterocycles. The van der Waals surface area contributed by atoms with E-state index < -0.39 is 23.5 Å². The predicted molar refractivity (Wildman–Crippen MR) is 77.2 cm³/mol. The number of carboxylic acid groups (broad SMARTS) is 1. The van der Waals surface area contributed by atoms with Gasteiger partial charge in [-0.3, -0.25) is 4.79 Å². The molecule has 3 N–H and O–H groups in total. The van der Waals surface area contributed by atoms with Crippen LogP contribution < -0.4 is 10.6 Å². The summed E-state index contributed by atoms with van der Waals surface area (Å²) in [6, 6.07) is -0.955. The second-order valence-corrected chi connectivity index (χ2v) is 6.39. The van der Waals surface area contributed by atoms with Crippen molar-refractivity contribution in [2.45, 2.75) is 32.9 Å². The number of ether oxygens (including phenoxy) is 1. The maximum atomic E-state index is 11.9. The van der Waals surface area contributed by atoms with E-state index in [4.69, 9.17) is 4.74 Å².